The van der Waals surface area contributed by atoms with E-state index in [0.717, 1.165) is 12.8 Å². The molecule has 0 radical (unpaired) electrons. The predicted octanol–water partition coefficient (Wildman–Crippen LogP) is 4.73. The molecule has 112 valence electrons. The first kappa shape index (κ1) is 15.3. The highest BCUT2D eigenvalue weighted by molar-refractivity contribution is 4.79. The lowest BCUT2D eigenvalue weighted by atomic mass is 9.96. The summed E-state index contributed by atoms with van der Waals surface area (Å²) in [6, 6.07) is 0.836. The van der Waals surface area contributed by atoms with E-state index in [2.05, 4.69) is 11.8 Å². The van der Waals surface area contributed by atoms with Gasteiger partial charge in [0.05, 0.1) is 12.8 Å². The smallest absolute Gasteiger partial charge is 0.0996 e. The Morgan fingerprint density at radius 3 is 2.68 bits per heavy atom. The Morgan fingerprint density at radius 1 is 0.947 bits per heavy atom. The van der Waals surface area contributed by atoms with Crippen LogP contribution in [0.4, 0.5) is 0 Å². The lowest BCUT2D eigenvalue weighted by molar-refractivity contribution is -0.0271. The molecular weight excluding hydrogens is 234 g/mol. The zero-order valence-corrected chi connectivity index (χ0v) is 12.9. The van der Waals surface area contributed by atoms with Crippen molar-refractivity contribution in [3.63, 3.8) is 0 Å². The van der Waals surface area contributed by atoms with Gasteiger partial charge in [-0.05, 0) is 32.1 Å². The van der Waals surface area contributed by atoms with Crippen LogP contribution in [-0.2, 0) is 4.74 Å². The van der Waals surface area contributed by atoms with E-state index < -0.39 is 0 Å². The van der Waals surface area contributed by atoms with Crippen LogP contribution in [0, 0.1) is 0 Å². The average molecular weight is 267 g/mol. The second-order valence-corrected chi connectivity index (χ2v) is 6.51. The molecule has 0 N–H and O–H groups in total. The molecule has 0 spiro atoms. The molecule has 2 aliphatic heterocycles. The molecule has 2 atom stereocenters. The molecule has 2 heteroatoms. The van der Waals surface area contributed by atoms with Gasteiger partial charge in [0, 0.05) is 12.6 Å². The first-order valence-electron chi connectivity index (χ1n) is 8.76. The summed E-state index contributed by atoms with van der Waals surface area (Å²) in [6.07, 6.45) is 17.2. The van der Waals surface area contributed by atoms with Gasteiger partial charge in [0.1, 0.15) is 0 Å². The highest BCUT2D eigenvalue weighted by Crippen LogP contribution is 2.26. The molecule has 0 amide bonds. The van der Waals surface area contributed by atoms with Crippen molar-refractivity contribution in [2.24, 2.45) is 0 Å². The van der Waals surface area contributed by atoms with Crippen molar-refractivity contribution in [1.29, 1.82) is 0 Å². The van der Waals surface area contributed by atoms with Crippen molar-refractivity contribution in [2.75, 3.05) is 13.3 Å². The highest BCUT2D eigenvalue weighted by Gasteiger charge is 2.27. The minimum atomic E-state index is 0.553. The molecular formula is C17H33NO. The number of fused-ring (bicyclic) bond motifs is 1. The lowest BCUT2D eigenvalue weighted by Crippen LogP contribution is -2.39. The third-order valence-electron chi connectivity index (χ3n) is 4.93. The first-order valence-corrected chi connectivity index (χ1v) is 8.76. The molecule has 0 bridgehead atoms. The summed E-state index contributed by atoms with van der Waals surface area (Å²) in [5, 5.41) is 0. The number of hydrogen-bond donors (Lipinski definition) is 0. The molecule has 0 aromatic carbocycles. The molecule has 2 rings (SSSR count). The van der Waals surface area contributed by atoms with Crippen molar-refractivity contribution < 1.29 is 4.74 Å². The predicted molar refractivity (Wildman–Crippen MR) is 81.3 cm³/mol. The van der Waals surface area contributed by atoms with E-state index in [0.29, 0.717) is 6.10 Å². The summed E-state index contributed by atoms with van der Waals surface area (Å²) in [5.41, 5.74) is 0. The topological polar surface area (TPSA) is 12.5 Å². The Balaban J connectivity index is 1.57. The minimum absolute atomic E-state index is 0.553. The van der Waals surface area contributed by atoms with Gasteiger partial charge in [0.25, 0.3) is 0 Å². The molecule has 19 heavy (non-hydrogen) atoms. The van der Waals surface area contributed by atoms with Crippen LogP contribution < -0.4 is 0 Å². The summed E-state index contributed by atoms with van der Waals surface area (Å²) < 4.78 is 6.13. The zero-order valence-electron chi connectivity index (χ0n) is 12.9. The Hall–Kier alpha value is -0.0800. The maximum Gasteiger partial charge on any atom is 0.0996 e. The van der Waals surface area contributed by atoms with Crippen LogP contribution >= 0.6 is 0 Å². The van der Waals surface area contributed by atoms with Crippen LogP contribution in [0.5, 0.6) is 0 Å². The number of nitrogens with zero attached hydrogens (tertiary/aromatic N) is 1. The minimum Gasteiger partial charge on any atom is -0.363 e. The maximum atomic E-state index is 6.13. The third kappa shape index (κ3) is 5.43. The molecule has 0 aromatic rings. The van der Waals surface area contributed by atoms with Gasteiger partial charge in [-0.2, -0.15) is 0 Å². The monoisotopic (exact) mass is 267 g/mol. The van der Waals surface area contributed by atoms with Crippen molar-refractivity contribution in [3.8, 4) is 0 Å². The number of rotatable bonds is 7. The Kier molecular flexibility index (Phi) is 7.23. The molecule has 2 nitrogen and oxygen atoms in total. The zero-order chi connectivity index (χ0) is 13.3. The van der Waals surface area contributed by atoms with Crippen LogP contribution in [0.25, 0.3) is 0 Å². The van der Waals surface area contributed by atoms with Crippen molar-refractivity contribution in [3.05, 3.63) is 0 Å². The van der Waals surface area contributed by atoms with E-state index in [9.17, 15) is 0 Å². The fourth-order valence-corrected chi connectivity index (χ4v) is 3.60. The first-order chi connectivity index (χ1) is 9.40. The second kappa shape index (κ2) is 8.97. The van der Waals surface area contributed by atoms with Gasteiger partial charge in [0.2, 0.25) is 0 Å². The normalized spacial score (nSPS) is 28.9. The quantitative estimate of drug-likeness (QED) is 0.618. The molecule has 2 heterocycles. The molecule has 2 unspecified atom stereocenters. The van der Waals surface area contributed by atoms with E-state index in [1.807, 2.05) is 0 Å². The number of unbranched alkanes of at least 4 members (excludes halogenated alkanes) is 5. The van der Waals surface area contributed by atoms with E-state index >= 15 is 0 Å². The summed E-state index contributed by atoms with van der Waals surface area (Å²) in [4.78, 5) is 2.59. The standard InChI is InChI=1S/C17H33NO/c1-2-3-4-5-6-7-11-17-13-12-16-10-8-9-14-18(16)15-19-17/h16-17H,2-15H2,1H3. The Labute approximate surface area is 119 Å². The van der Waals surface area contributed by atoms with Gasteiger partial charge in [-0.25, -0.2) is 0 Å². The van der Waals surface area contributed by atoms with Crippen LogP contribution in [0.3, 0.4) is 0 Å². The Morgan fingerprint density at radius 2 is 1.79 bits per heavy atom. The maximum absolute atomic E-state index is 6.13. The van der Waals surface area contributed by atoms with E-state index in [4.69, 9.17) is 4.74 Å². The number of piperidine rings is 1. The molecule has 0 aromatic heterocycles. The van der Waals surface area contributed by atoms with E-state index in [-0.39, 0.29) is 0 Å². The van der Waals surface area contributed by atoms with Gasteiger partial charge in [-0.1, -0.05) is 51.9 Å². The summed E-state index contributed by atoms with van der Waals surface area (Å²) in [5.74, 6) is 0. The highest BCUT2D eigenvalue weighted by atomic mass is 16.5. The molecule has 2 saturated heterocycles. The fraction of sp³-hybridized carbons (Fsp3) is 1.00. The van der Waals surface area contributed by atoms with Crippen molar-refractivity contribution in [1.82, 2.24) is 4.90 Å². The SMILES string of the molecule is CCCCCCCCC1CCC2CCCCN2CO1. The van der Waals surface area contributed by atoms with E-state index in [1.165, 1.54) is 83.6 Å². The van der Waals surface area contributed by atoms with Crippen LogP contribution in [-0.4, -0.2) is 30.3 Å². The Bertz CT molecular complexity index is 215. The largest absolute Gasteiger partial charge is 0.363 e. The summed E-state index contributed by atoms with van der Waals surface area (Å²) in [6.45, 7) is 4.47. The van der Waals surface area contributed by atoms with Crippen LogP contribution in [0.15, 0.2) is 0 Å². The van der Waals surface area contributed by atoms with Crippen molar-refractivity contribution >= 4 is 0 Å². The fourth-order valence-electron chi connectivity index (χ4n) is 3.60. The summed E-state index contributed by atoms with van der Waals surface area (Å²) >= 11 is 0. The molecule has 0 saturated carbocycles. The average Bonchev–Trinajstić information content (AvgIpc) is 2.65. The van der Waals surface area contributed by atoms with Crippen molar-refractivity contribution in [2.45, 2.75) is 96.1 Å². The van der Waals surface area contributed by atoms with Gasteiger partial charge in [-0.3, -0.25) is 4.90 Å². The van der Waals surface area contributed by atoms with E-state index in [1.54, 1.807) is 0 Å². The van der Waals surface area contributed by atoms with Crippen LogP contribution in [0.2, 0.25) is 0 Å². The lowest BCUT2D eigenvalue weighted by Gasteiger charge is -2.33. The third-order valence-corrected chi connectivity index (χ3v) is 4.93. The van der Waals surface area contributed by atoms with Gasteiger partial charge in [0.15, 0.2) is 0 Å². The molecule has 2 fully saturated rings. The van der Waals surface area contributed by atoms with Crippen LogP contribution in [0.1, 0.15) is 84.0 Å². The number of ether oxygens (including phenoxy) is 1. The molecule has 2 aliphatic rings. The molecule has 0 aliphatic carbocycles. The summed E-state index contributed by atoms with van der Waals surface area (Å²) in [7, 11) is 0. The van der Waals surface area contributed by atoms with Gasteiger partial charge >= 0.3 is 0 Å². The van der Waals surface area contributed by atoms with Gasteiger partial charge < -0.3 is 4.74 Å². The number of hydrogen-bond acceptors (Lipinski definition) is 2. The second-order valence-electron chi connectivity index (χ2n) is 6.51. The van der Waals surface area contributed by atoms with Gasteiger partial charge in [-0.15, -0.1) is 0 Å².